The molecule has 37 heavy (non-hydrogen) atoms. The van der Waals surface area contributed by atoms with Crippen LogP contribution >= 0.6 is 23.1 Å². The van der Waals surface area contributed by atoms with Gasteiger partial charge in [-0.05, 0) is 77.8 Å². The molecule has 0 radical (unpaired) electrons. The SMILES string of the molecule is COc1ccc(NC(=O)Cn2c3c(sc2=O)[C@@H](c2ccc(C(C)(C)C)cc2)C2C4CCC(C4)C2S3)cc1. The van der Waals surface area contributed by atoms with E-state index in [1.165, 1.54) is 41.7 Å². The summed E-state index contributed by atoms with van der Waals surface area (Å²) in [5.74, 6) is 2.78. The monoisotopic (exact) mass is 534 g/mol. The van der Waals surface area contributed by atoms with Crippen molar-refractivity contribution in [2.75, 3.05) is 12.4 Å². The molecule has 3 aromatic rings. The molecule has 2 aromatic carbocycles. The zero-order chi connectivity index (χ0) is 25.9. The summed E-state index contributed by atoms with van der Waals surface area (Å²) >= 11 is 3.22. The zero-order valence-corrected chi connectivity index (χ0v) is 23.5. The minimum atomic E-state index is -0.186. The molecule has 1 amide bonds. The van der Waals surface area contributed by atoms with E-state index in [2.05, 4.69) is 50.4 Å². The van der Waals surface area contributed by atoms with Crippen molar-refractivity contribution in [3.05, 3.63) is 74.2 Å². The Bertz CT molecular complexity index is 1370. The average molecular weight is 535 g/mol. The number of thiazole rings is 1. The molecule has 6 rings (SSSR count). The number of ether oxygens (including phenoxy) is 1. The molecule has 194 valence electrons. The van der Waals surface area contributed by atoms with Crippen LogP contribution in [0.2, 0.25) is 0 Å². The molecule has 2 bridgehead atoms. The number of aromatic nitrogens is 1. The van der Waals surface area contributed by atoms with Crippen molar-refractivity contribution in [3.63, 3.8) is 0 Å². The zero-order valence-electron chi connectivity index (χ0n) is 21.8. The molecule has 3 aliphatic rings. The highest BCUT2D eigenvalue weighted by Crippen LogP contribution is 2.64. The Labute approximate surface area is 226 Å². The first kappa shape index (κ1) is 24.8. The topological polar surface area (TPSA) is 60.3 Å². The van der Waals surface area contributed by atoms with E-state index >= 15 is 0 Å². The lowest BCUT2D eigenvalue weighted by molar-refractivity contribution is -0.116. The highest BCUT2D eigenvalue weighted by molar-refractivity contribution is 8.00. The molecule has 2 fully saturated rings. The van der Waals surface area contributed by atoms with E-state index in [1.807, 2.05) is 36.0 Å². The molecule has 1 aromatic heterocycles. The highest BCUT2D eigenvalue weighted by Gasteiger charge is 2.55. The minimum Gasteiger partial charge on any atom is -0.497 e. The van der Waals surface area contributed by atoms with E-state index in [1.54, 1.807) is 11.7 Å². The summed E-state index contributed by atoms with van der Waals surface area (Å²) in [5, 5.41) is 4.47. The molecule has 2 aliphatic carbocycles. The summed E-state index contributed by atoms with van der Waals surface area (Å²) in [6.07, 6.45) is 3.89. The van der Waals surface area contributed by atoms with Gasteiger partial charge in [0.1, 0.15) is 12.3 Å². The van der Waals surface area contributed by atoms with Gasteiger partial charge in [0.25, 0.3) is 0 Å². The van der Waals surface area contributed by atoms with Crippen LogP contribution in [0.3, 0.4) is 0 Å². The molecule has 4 unspecified atom stereocenters. The summed E-state index contributed by atoms with van der Waals surface area (Å²) < 4.78 is 6.93. The molecule has 5 nitrogen and oxygen atoms in total. The van der Waals surface area contributed by atoms with Crippen LogP contribution in [-0.2, 0) is 16.8 Å². The number of hydrogen-bond donors (Lipinski definition) is 1. The third-order valence-corrected chi connectivity index (χ3v) is 11.3. The molecule has 1 aliphatic heterocycles. The quantitative estimate of drug-likeness (QED) is 0.406. The molecular weight excluding hydrogens is 500 g/mol. The predicted octanol–water partition coefficient (Wildman–Crippen LogP) is 6.51. The van der Waals surface area contributed by atoms with E-state index in [4.69, 9.17) is 4.74 Å². The Morgan fingerprint density at radius 1 is 1.05 bits per heavy atom. The van der Waals surface area contributed by atoms with Crippen molar-refractivity contribution < 1.29 is 9.53 Å². The van der Waals surface area contributed by atoms with Crippen molar-refractivity contribution in [1.82, 2.24) is 4.57 Å². The van der Waals surface area contributed by atoms with Gasteiger partial charge in [-0.25, -0.2) is 0 Å². The third-order valence-electron chi connectivity index (χ3n) is 8.50. The molecular formula is C30H34N2O3S2. The first-order valence-corrected chi connectivity index (χ1v) is 14.9. The maximum Gasteiger partial charge on any atom is 0.308 e. The molecule has 0 spiro atoms. The van der Waals surface area contributed by atoms with Crippen molar-refractivity contribution in [3.8, 4) is 5.75 Å². The number of amides is 1. The number of benzene rings is 2. The normalized spacial score (nSPS) is 26.0. The lowest BCUT2D eigenvalue weighted by Gasteiger charge is -2.40. The van der Waals surface area contributed by atoms with Gasteiger partial charge >= 0.3 is 4.87 Å². The van der Waals surface area contributed by atoms with Gasteiger partial charge in [-0.15, -0.1) is 11.8 Å². The largest absolute Gasteiger partial charge is 0.497 e. The van der Waals surface area contributed by atoms with Crippen LogP contribution in [0.5, 0.6) is 5.75 Å². The predicted molar refractivity (Wildman–Crippen MR) is 151 cm³/mol. The third kappa shape index (κ3) is 4.44. The minimum absolute atomic E-state index is 0.0326. The standard InChI is InChI=1S/C30H34N2O3S2/c1-30(2,3)20-9-7-17(8-10-20)24-25-18-5-6-19(15-18)26(25)36-28-27(24)37-29(34)32(28)16-23(33)31-21-11-13-22(35-4)14-12-21/h7-14,18-19,24-26H,5-6,15-16H2,1-4H3,(H,31,33)/t18?,19?,24-,25?,26?/m0/s1. The van der Waals surface area contributed by atoms with Crippen LogP contribution in [-0.4, -0.2) is 22.8 Å². The number of hydrogen-bond acceptors (Lipinski definition) is 5. The Morgan fingerprint density at radius 3 is 2.43 bits per heavy atom. The maximum atomic E-state index is 13.3. The Hall–Kier alpha value is -2.51. The molecule has 2 heterocycles. The molecule has 7 heteroatoms. The lowest BCUT2D eigenvalue weighted by atomic mass is 9.74. The molecule has 0 saturated heterocycles. The van der Waals surface area contributed by atoms with Gasteiger partial charge in [-0.2, -0.15) is 0 Å². The number of fused-ring (bicyclic) bond motifs is 6. The number of methoxy groups -OCH3 is 1. The molecule has 5 atom stereocenters. The van der Waals surface area contributed by atoms with Gasteiger partial charge in [0.05, 0.1) is 12.1 Å². The smallest absolute Gasteiger partial charge is 0.308 e. The van der Waals surface area contributed by atoms with Crippen molar-refractivity contribution in [2.45, 2.75) is 68.2 Å². The van der Waals surface area contributed by atoms with E-state index in [-0.39, 0.29) is 28.7 Å². The highest BCUT2D eigenvalue weighted by atomic mass is 32.2. The number of nitrogens with one attached hydrogen (secondary N) is 1. The van der Waals surface area contributed by atoms with Gasteiger partial charge in [0, 0.05) is 21.7 Å². The van der Waals surface area contributed by atoms with Gasteiger partial charge in [-0.1, -0.05) is 56.4 Å². The number of thioether (sulfide) groups is 1. The summed E-state index contributed by atoms with van der Waals surface area (Å²) in [6, 6.07) is 16.4. The van der Waals surface area contributed by atoms with Crippen molar-refractivity contribution >= 4 is 34.7 Å². The Balaban J connectivity index is 1.33. The second kappa shape index (κ2) is 9.35. The summed E-state index contributed by atoms with van der Waals surface area (Å²) in [4.78, 5) is 27.4. The number of rotatable bonds is 5. The fraction of sp³-hybridized carbons (Fsp3) is 0.467. The first-order chi connectivity index (χ1) is 17.7. The van der Waals surface area contributed by atoms with E-state index in [0.29, 0.717) is 22.8 Å². The average Bonchev–Trinajstić information content (AvgIpc) is 3.57. The van der Waals surface area contributed by atoms with Crippen molar-refractivity contribution in [1.29, 1.82) is 0 Å². The van der Waals surface area contributed by atoms with E-state index in [9.17, 15) is 9.59 Å². The van der Waals surface area contributed by atoms with Crippen LogP contribution in [0.15, 0.2) is 58.4 Å². The lowest BCUT2D eigenvalue weighted by Crippen LogP contribution is -2.35. The van der Waals surface area contributed by atoms with Crippen LogP contribution in [0, 0.1) is 17.8 Å². The van der Waals surface area contributed by atoms with Gasteiger partial charge in [-0.3, -0.25) is 14.2 Å². The Morgan fingerprint density at radius 2 is 1.76 bits per heavy atom. The van der Waals surface area contributed by atoms with E-state index < -0.39 is 0 Å². The van der Waals surface area contributed by atoms with Crippen LogP contribution in [0.25, 0.3) is 0 Å². The first-order valence-electron chi connectivity index (χ1n) is 13.2. The fourth-order valence-electron chi connectivity index (χ4n) is 6.67. The van der Waals surface area contributed by atoms with Gasteiger partial charge < -0.3 is 10.1 Å². The molecule has 2 saturated carbocycles. The number of carbonyl (C=O) groups is 1. The second-order valence-corrected chi connectivity index (χ2v) is 13.9. The Kier molecular flexibility index (Phi) is 6.27. The summed E-state index contributed by atoms with van der Waals surface area (Å²) in [6.45, 7) is 6.76. The van der Waals surface area contributed by atoms with Gasteiger partial charge in [0.2, 0.25) is 5.91 Å². The number of nitrogens with zero attached hydrogens (tertiary/aromatic N) is 1. The van der Waals surface area contributed by atoms with E-state index in [0.717, 1.165) is 21.6 Å². The van der Waals surface area contributed by atoms with Crippen LogP contribution < -0.4 is 14.9 Å². The maximum absolute atomic E-state index is 13.3. The second-order valence-electron chi connectivity index (χ2n) is 11.7. The molecule has 1 N–H and O–H groups in total. The fourth-order valence-corrected chi connectivity index (χ4v) is 9.82. The summed E-state index contributed by atoms with van der Waals surface area (Å²) in [7, 11) is 1.62. The number of anilines is 1. The number of carbonyl (C=O) groups excluding carboxylic acids is 1. The summed E-state index contributed by atoms with van der Waals surface area (Å²) in [5.41, 5.74) is 3.44. The van der Waals surface area contributed by atoms with Crippen LogP contribution in [0.4, 0.5) is 5.69 Å². The van der Waals surface area contributed by atoms with Crippen molar-refractivity contribution in [2.24, 2.45) is 17.8 Å². The van der Waals surface area contributed by atoms with Crippen LogP contribution in [0.1, 0.15) is 62.0 Å². The van der Waals surface area contributed by atoms with Gasteiger partial charge in [0.15, 0.2) is 0 Å².